The highest BCUT2D eigenvalue weighted by molar-refractivity contribution is 7.13. The Morgan fingerprint density at radius 1 is 1.10 bits per heavy atom. The number of fused-ring (bicyclic) bond motifs is 1. The zero-order chi connectivity index (χ0) is 20.4. The third kappa shape index (κ3) is 4.27. The van der Waals surface area contributed by atoms with Gasteiger partial charge >= 0.3 is 0 Å². The van der Waals surface area contributed by atoms with E-state index in [1.807, 2.05) is 68.4 Å². The molecule has 0 atom stereocenters. The summed E-state index contributed by atoms with van der Waals surface area (Å²) in [4.78, 5) is 33.0. The van der Waals surface area contributed by atoms with Crippen LogP contribution in [0.2, 0.25) is 0 Å². The number of carbonyl (C=O) groups is 1. The molecular weight excluding hydrogens is 382 g/mol. The van der Waals surface area contributed by atoms with Gasteiger partial charge in [-0.05, 0) is 42.5 Å². The minimum atomic E-state index is -0.206. The number of aromatic amines is 1. The quantitative estimate of drug-likeness (QED) is 0.526. The number of thiazole rings is 1. The van der Waals surface area contributed by atoms with Gasteiger partial charge in [0, 0.05) is 24.0 Å². The largest absolute Gasteiger partial charge is 0.347 e. The summed E-state index contributed by atoms with van der Waals surface area (Å²) < 4.78 is 0. The third-order valence-corrected chi connectivity index (χ3v) is 5.92. The fraction of sp³-hybridized carbons (Fsp3) is 0.174. The van der Waals surface area contributed by atoms with Crippen molar-refractivity contribution in [1.29, 1.82) is 0 Å². The molecule has 2 N–H and O–H groups in total. The van der Waals surface area contributed by atoms with Gasteiger partial charge in [0.25, 0.3) is 11.5 Å². The number of nitrogens with zero attached hydrogens (tertiary/aromatic N) is 1. The van der Waals surface area contributed by atoms with Crippen LogP contribution in [0.3, 0.4) is 0 Å². The van der Waals surface area contributed by atoms with Crippen molar-refractivity contribution >= 4 is 28.1 Å². The lowest BCUT2D eigenvalue weighted by Gasteiger charge is -2.06. The van der Waals surface area contributed by atoms with Crippen molar-refractivity contribution in [3.05, 3.63) is 97.2 Å². The Morgan fingerprint density at radius 3 is 2.69 bits per heavy atom. The number of carbonyl (C=O) groups excluding carboxylic acids is 1. The molecule has 2 aromatic heterocycles. The molecule has 0 saturated heterocycles. The molecule has 0 fully saturated rings. The predicted molar refractivity (Wildman–Crippen MR) is 117 cm³/mol. The number of benzene rings is 2. The third-order valence-electron chi connectivity index (χ3n) is 4.76. The number of hydrogen-bond acceptors (Lipinski definition) is 4. The van der Waals surface area contributed by atoms with E-state index in [1.165, 1.54) is 11.3 Å². The maximum atomic E-state index is 12.7. The van der Waals surface area contributed by atoms with Gasteiger partial charge in [-0.3, -0.25) is 9.59 Å². The van der Waals surface area contributed by atoms with E-state index in [1.54, 1.807) is 0 Å². The van der Waals surface area contributed by atoms with Gasteiger partial charge in [-0.2, -0.15) is 0 Å². The van der Waals surface area contributed by atoms with Crippen molar-refractivity contribution in [2.75, 3.05) is 0 Å². The monoisotopic (exact) mass is 403 g/mol. The normalized spacial score (nSPS) is 11.0. The molecule has 146 valence electrons. The molecule has 4 aromatic rings. The molecule has 0 saturated carbocycles. The van der Waals surface area contributed by atoms with Crippen LogP contribution in [-0.4, -0.2) is 15.9 Å². The Hall–Kier alpha value is -3.25. The van der Waals surface area contributed by atoms with E-state index in [4.69, 9.17) is 0 Å². The number of pyridine rings is 1. The first-order chi connectivity index (χ1) is 14.0. The van der Waals surface area contributed by atoms with Crippen molar-refractivity contribution in [1.82, 2.24) is 15.3 Å². The van der Waals surface area contributed by atoms with Gasteiger partial charge in [0.2, 0.25) is 0 Å². The second-order valence-electron chi connectivity index (χ2n) is 7.08. The van der Waals surface area contributed by atoms with Crippen LogP contribution < -0.4 is 10.9 Å². The molecule has 4 rings (SSSR count). The summed E-state index contributed by atoms with van der Waals surface area (Å²) in [6.07, 6.45) is 0.698. The highest BCUT2D eigenvalue weighted by Crippen LogP contribution is 2.21. The molecule has 29 heavy (non-hydrogen) atoms. The lowest BCUT2D eigenvalue weighted by Crippen LogP contribution is -2.26. The van der Waals surface area contributed by atoms with Crippen LogP contribution in [0.5, 0.6) is 0 Å². The average Bonchev–Trinajstić information content (AvgIpc) is 3.07. The molecular formula is C23H21N3O2S. The molecule has 0 spiro atoms. The van der Waals surface area contributed by atoms with Crippen molar-refractivity contribution in [3.63, 3.8) is 0 Å². The van der Waals surface area contributed by atoms with Crippen LogP contribution in [0, 0.1) is 13.8 Å². The minimum Gasteiger partial charge on any atom is -0.347 e. The Bertz CT molecular complexity index is 1240. The maximum Gasteiger partial charge on any atom is 0.263 e. The fourth-order valence-corrected chi connectivity index (χ4v) is 4.27. The zero-order valence-corrected chi connectivity index (χ0v) is 17.1. The molecule has 0 aliphatic rings. The van der Waals surface area contributed by atoms with E-state index in [0.717, 1.165) is 27.0 Å². The molecule has 0 aliphatic carbocycles. The van der Waals surface area contributed by atoms with E-state index in [0.29, 0.717) is 22.6 Å². The molecule has 0 bridgehead atoms. The number of nitrogens with one attached hydrogen (secondary N) is 2. The summed E-state index contributed by atoms with van der Waals surface area (Å²) in [6, 6.07) is 17.8. The summed E-state index contributed by atoms with van der Waals surface area (Å²) in [7, 11) is 0. The first-order valence-electron chi connectivity index (χ1n) is 9.40. The standard InChI is InChI=1S/C23H21N3O2S/c1-14-8-9-17-12-18(22(27)26-19(17)10-14)13-24-23(28)21-15(2)25-20(29-21)11-16-6-4-3-5-7-16/h3-10,12H,11,13H2,1-2H3,(H,24,28)(H,26,27). The lowest BCUT2D eigenvalue weighted by atomic mass is 10.1. The molecule has 2 aromatic carbocycles. The summed E-state index contributed by atoms with van der Waals surface area (Å²) in [5.41, 5.74) is 4.10. The summed E-state index contributed by atoms with van der Waals surface area (Å²) in [5.74, 6) is -0.206. The average molecular weight is 404 g/mol. The Morgan fingerprint density at radius 2 is 1.90 bits per heavy atom. The molecule has 0 aliphatic heterocycles. The van der Waals surface area contributed by atoms with Gasteiger partial charge in [0.15, 0.2) is 0 Å². The van der Waals surface area contributed by atoms with Gasteiger partial charge in [-0.15, -0.1) is 11.3 Å². The Labute approximate surface area is 172 Å². The minimum absolute atomic E-state index is 0.170. The van der Waals surface area contributed by atoms with Crippen LogP contribution in [0.15, 0.2) is 59.4 Å². The number of aromatic nitrogens is 2. The molecule has 1 amide bonds. The molecule has 6 heteroatoms. The Balaban J connectivity index is 1.49. The summed E-state index contributed by atoms with van der Waals surface area (Å²) >= 11 is 1.40. The number of amides is 1. The van der Waals surface area contributed by atoms with Crippen molar-refractivity contribution < 1.29 is 4.79 Å². The van der Waals surface area contributed by atoms with Crippen LogP contribution in [0.1, 0.15) is 37.1 Å². The first kappa shape index (κ1) is 19.1. The van der Waals surface area contributed by atoms with E-state index >= 15 is 0 Å². The maximum absolute atomic E-state index is 12.7. The topological polar surface area (TPSA) is 74.8 Å². The molecule has 0 radical (unpaired) electrons. The van der Waals surface area contributed by atoms with Crippen LogP contribution in [0.4, 0.5) is 0 Å². The first-order valence-corrected chi connectivity index (χ1v) is 10.2. The van der Waals surface area contributed by atoms with Gasteiger partial charge in [-0.1, -0.05) is 42.5 Å². The highest BCUT2D eigenvalue weighted by atomic mass is 32.1. The van der Waals surface area contributed by atoms with Gasteiger partial charge in [0.05, 0.1) is 10.7 Å². The summed E-state index contributed by atoms with van der Waals surface area (Å²) in [6.45, 7) is 3.99. The number of aryl methyl sites for hydroxylation is 2. The van der Waals surface area contributed by atoms with Crippen molar-refractivity contribution in [3.8, 4) is 0 Å². The van der Waals surface area contributed by atoms with Crippen LogP contribution in [-0.2, 0) is 13.0 Å². The number of hydrogen-bond donors (Lipinski definition) is 2. The number of H-pyrrole nitrogens is 1. The Kier molecular flexibility index (Phi) is 5.27. The van der Waals surface area contributed by atoms with E-state index in [2.05, 4.69) is 15.3 Å². The SMILES string of the molecule is Cc1ccc2cc(CNC(=O)c3sc(Cc4ccccc4)nc3C)c(=O)[nH]c2c1. The van der Waals surface area contributed by atoms with Crippen molar-refractivity contribution in [2.45, 2.75) is 26.8 Å². The lowest BCUT2D eigenvalue weighted by molar-refractivity contribution is 0.0954. The molecule has 0 unspecified atom stereocenters. The predicted octanol–water partition coefficient (Wildman–Crippen LogP) is 4.12. The highest BCUT2D eigenvalue weighted by Gasteiger charge is 2.16. The summed E-state index contributed by atoms with van der Waals surface area (Å²) in [5, 5.41) is 4.71. The number of rotatable bonds is 5. The van der Waals surface area contributed by atoms with Gasteiger partial charge in [-0.25, -0.2) is 4.98 Å². The smallest absolute Gasteiger partial charge is 0.263 e. The molecule has 2 heterocycles. The zero-order valence-electron chi connectivity index (χ0n) is 16.3. The van der Waals surface area contributed by atoms with Crippen LogP contribution >= 0.6 is 11.3 Å². The second-order valence-corrected chi connectivity index (χ2v) is 8.17. The van der Waals surface area contributed by atoms with Crippen molar-refractivity contribution in [2.24, 2.45) is 0 Å². The molecule has 5 nitrogen and oxygen atoms in total. The van der Waals surface area contributed by atoms with Crippen LogP contribution in [0.25, 0.3) is 10.9 Å². The fourth-order valence-electron chi connectivity index (χ4n) is 3.26. The van der Waals surface area contributed by atoms with E-state index in [9.17, 15) is 9.59 Å². The second kappa shape index (κ2) is 8.01. The van der Waals surface area contributed by atoms with Gasteiger partial charge < -0.3 is 10.3 Å². The van der Waals surface area contributed by atoms with Gasteiger partial charge in [0.1, 0.15) is 4.88 Å². The van der Waals surface area contributed by atoms with E-state index < -0.39 is 0 Å². The van der Waals surface area contributed by atoms with E-state index in [-0.39, 0.29) is 18.0 Å².